The molecule has 0 unspecified atom stereocenters. The fraction of sp³-hybridized carbons (Fsp3) is 0.286. The number of hydrogen-bond donors (Lipinski definition) is 1. The molecule has 27 heavy (non-hydrogen) atoms. The summed E-state index contributed by atoms with van der Waals surface area (Å²) in [4.78, 5) is 12.5. The van der Waals surface area contributed by atoms with Crippen LogP contribution in [0, 0.1) is 13.8 Å². The summed E-state index contributed by atoms with van der Waals surface area (Å²) >= 11 is 1.43. The van der Waals surface area contributed by atoms with Gasteiger partial charge in [-0.3, -0.25) is 4.79 Å². The zero-order valence-corrected chi connectivity index (χ0v) is 16.7. The van der Waals surface area contributed by atoms with Gasteiger partial charge in [-0.05, 0) is 31.9 Å². The molecule has 0 saturated heterocycles. The van der Waals surface area contributed by atoms with Crippen LogP contribution >= 0.6 is 11.8 Å². The minimum absolute atomic E-state index is 0.00695. The van der Waals surface area contributed by atoms with E-state index in [0.29, 0.717) is 13.1 Å². The number of thioether (sulfide) groups is 1. The summed E-state index contributed by atoms with van der Waals surface area (Å²) in [7, 11) is 0. The molecule has 1 N–H and O–H groups in total. The quantitative estimate of drug-likeness (QED) is 0.635. The minimum atomic E-state index is -0.256. The number of aromatic nitrogens is 3. The molecule has 0 saturated carbocycles. The lowest BCUT2D eigenvalue weighted by Crippen LogP contribution is -2.30. The number of hydrogen-bond acceptors (Lipinski definition) is 4. The summed E-state index contributed by atoms with van der Waals surface area (Å²) in [5, 5.41) is 11.9. The normalized spacial score (nSPS) is 12.0. The summed E-state index contributed by atoms with van der Waals surface area (Å²) < 4.78 is 2.05. The maximum Gasteiger partial charge on any atom is 0.233 e. The van der Waals surface area contributed by atoms with Gasteiger partial charge in [-0.2, -0.15) is 0 Å². The highest BCUT2D eigenvalue weighted by Crippen LogP contribution is 2.23. The van der Waals surface area contributed by atoms with Gasteiger partial charge in [-0.15, -0.1) is 10.2 Å². The first-order valence-electron chi connectivity index (χ1n) is 8.96. The lowest BCUT2D eigenvalue weighted by Gasteiger charge is -2.13. The van der Waals surface area contributed by atoms with E-state index in [1.807, 2.05) is 48.7 Å². The van der Waals surface area contributed by atoms with Gasteiger partial charge in [0.15, 0.2) is 5.16 Å². The summed E-state index contributed by atoms with van der Waals surface area (Å²) in [6.07, 6.45) is 0. The topological polar surface area (TPSA) is 59.8 Å². The Kier molecular flexibility index (Phi) is 6.29. The van der Waals surface area contributed by atoms with Crippen molar-refractivity contribution in [2.75, 3.05) is 0 Å². The number of nitrogens with zero attached hydrogens (tertiary/aromatic N) is 3. The molecule has 0 bridgehead atoms. The van der Waals surface area contributed by atoms with Crippen molar-refractivity contribution in [2.24, 2.45) is 0 Å². The van der Waals surface area contributed by atoms with Gasteiger partial charge in [0.25, 0.3) is 0 Å². The Labute approximate surface area is 164 Å². The fourth-order valence-corrected chi connectivity index (χ4v) is 3.57. The molecule has 140 valence electrons. The van der Waals surface area contributed by atoms with E-state index in [4.69, 9.17) is 0 Å². The van der Waals surface area contributed by atoms with E-state index < -0.39 is 0 Å². The van der Waals surface area contributed by atoms with Crippen molar-refractivity contribution in [2.45, 2.75) is 44.3 Å². The molecule has 0 aliphatic carbocycles. The van der Waals surface area contributed by atoms with Crippen molar-refractivity contribution in [3.8, 4) is 0 Å². The zero-order valence-electron chi connectivity index (χ0n) is 15.8. The predicted molar refractivity (Wildman–Crippen MR) is 109 cm³/mol. The Morgan fingerprint density at radius 2 is 1.74 bits per heavy atom. The molecule has 2 aromatic carbocycles. The second-order valence-corrected chi connectivity index (χ2v) is 7.87. The number of benzene rings is 2. The summed E-state index contributed by atoms with van der Waals surface area (Å²) in [6, 6.07) is 18.4. The van der Waals surface area contributed by atoms with Crippen LogP contribution in [-0.4, -0.2) is 25.9 Å². The average Bonchev–Trinajstić information content (AvgIpc) is 3.01. The lowest BCUT2D eigenvalue weighted by atomic mass is 10.1. The Hall–Kier alpha value is -2.60. The molecule has 0 aliphatic heterocycles. The van der Waals surface area contributed by atoms with E-state index in [1.165, 1.54) is 22.9 Å². The number of amides is 1. The molecule has 0 fully saturated rings. The van der Waals surface area contributed by atoms with E-state index in [1.54, 1.807) is 0 Å². The smallest absolute Gasteiger partial charge is 0.233 e. The van der Waals surface area contributed by atoms with E-state index in [9.17, 15) is 4.79 Å². The zero-order chi connectivity index (χ0) is 19.2. The Bertz CT molecular complexity index is 890. The van der Waals surface area contributed by atoms with Crippen molar-refractivity contribution in [3.63, 3.8) is 0 Å². The minimum Gasteiger partial charge on any atom is -0.351 e. The standard InChI is InChI=1S/C21H24N4OS/c1-15-9-11-18(12-10-15)13-22-20(26)16(2)27-21-24-23-17(3)25(21)14-19-7-5-4-6-8-19/h4-12,16H,13-14H2,1-3H3,(H,22,26)/t16-/m0/s1. The van der Waals surface area contributed by atoms with Crippen molar-refractivity contribution in [3.05, 3.63) is 77.1 Å². The Balaban J connectivity index is 1.61. The number of nitrogens with one attached hydrogen (secondary N) is 1. The summed E-state index contributed by atoms with van der Waals surface area (Å²) in [5.74, 6) is 0.834. The highest BCUT2D eigenvalue weighted by atomic mass is 32.2. The molecule has 0 spiro atoms. The van der Waals surface area contributed by atoms with Crippen LogP contribution in [0.4, 0.5) is 0 Å². The van der Waals surface area contributed by atoms with Gasteiger partial charge in [0, 0.05) is 6.54 Å². The second-order valence-electron chi connectivity index (χ2n) is 6.57. The van der Waals surface area contributed by atoms with Gasteiger partial charge in [-0.1, -0.05) is 71.9 Å². The molecule has 3 rings (SSSR count). The van der Waals surface area contributed by atoms with Gasteiger partial charge < -0.3 is 9.88 Å². The van der Waals surface area contributed by atoms with Crippen LogP contribution in [0.2, 0.25) is 0 Å². The molecule has 1 aromatic heterocycles. The van der Waals surface area contributed by atoms with Crippen LogP contribution in [0.1, 0.15) is 29.4 Å². The van der Waals surface area contributed by atoms with Crippen LogP contribution in [0.5, 0.6) is 0 Å². The van der Waals surface area contributed by atoms with Crippen LogP contribution in [0.25, 0.3) is 0 Å². The van der Waals surface area contributed by atoms with Gasteiger partial charge in [0.05, 0.1) is 11.8 Å². The van der Waals surface area contributed by atoms with Crippen molar-refractivity contribution in [1.29, 1.82) is 0 Å². The Morgan fingerprint density at radius 1 is 1.04 bits per heavy atom. The summed E-state index contributed by atoms with van der Waals surface area (Å²) in [5.41, 5.74) is 3.48. The van der Waals surface area contributed by atoms with Crippen LogP contribution in [-0.2, 0) is 17.9 Å². The van der Waals surface area contributed by atoms with Crippen molar-refractivity contribution in [1.82, 2.24) is 20.1 Å². The Morgan fingerprint density at radius 3 is 2.44 bits per heavy atom. The largest absolute Gasteiger partial charge is 0.351 e. The molecule has 1 heterocycles. The number of aryl methyl sites for hydroxylation is 2. The van der Waals surface area contributed by atoms with E-state index in [-0.39, 0.29) is 11.2 Å². The van der Waals surface area contributed by atoms with E-state index >= 15 is 0 Å². The molecule has 6 heteroatoms. The van der Waals surface area contributed by atoms with Crippen molar-refractivity contribution < 1.29 is 4.79 Å². The predicted octanol–water partition coefficient (Wildman–Crippen LogP) is 3.74. The first-order valence-corrected chi connectivity index (χ1v) is 9.84. The van der Waals surface area contributed by atoms with Crippen molar-refractivity contribution >= 4 is 17.7 Å². The monoisotopic (exact) mass is 380 g/mol. The molecular weight excluding hydrogens is 356 g/mol. The third-order valence-electron chi connectivity index (χ3n) is 4.32. The highest BCUT2D eigenvalue weighted by molar-refractivity contribution is 8.00. The summed E-state index contributed by atoms with van der Waals surface area (Å²) in [6.45, 7) is 7.10. The van der Waals surface area contributed by atoms with Gasteiger partial charge >= 0.3 is 0 Å². The highest BCUT2D eigenvalue weighted by Gasteiger charge is 2.19. The van der Waals surface area contributed by atoms with Crippen LogP contribution in [0.15, 0.2) is 59.8 Å². The molecule has 5 nitrogen and oxygen atoms in total. The third kappa shape index (κ3) is 5.20. The average molecular weight is 381 g/mol. The second kappa shape index (κ2) is 8.86. The lowest BCUT2D eigenvalue weighted by molar-refractivity contribution is -0.120. The molecular formula is C21H24N4OS. The van der Waals surface area contributed by atoms with Gasteiger partial charge in [-0.25, -0.2) is 0 Å². The van der Waals surface area contributed by atoms with Crippen LogP contribution < -0.4 is 5.32 Å². The maximum atomic E-state index is 12.5. The van der Waals surface area contributed by atoms with Crippen LogP contribution in [0.3, 0.4) is 0 Å². The molecule has 1 atom stereocenters. The first-order chi connectivity index (χ1) is 13.0. The number of rotatable bonds is 7. The van der Waals surface area contributed by atoms with Gasteiger partial charge in [0.1, 0.15) is 5.82 Å². The van der Waals surface area contributed by atoms with E-state index in [2.05, 4.69) is 46.7 Å². The molecule has 1 amide bonds. The molecule has 0 radical (unpaired) electrons. The van der Waals surface area contributed by atoms with Gasteiger partial charge in [0.2, 0.25) is 5.91 Å². The SMILES string of the molecule is Cc1ccc(CNC(=O)[C@H](C)Sc2nnc(C)n2Cc2ccccc2)cc1. The molecule has 0 aliphatic rings. The van der Waals surface area contributed by atoms with E-state index in [0.717, 1.165) is 16.5 Å². The fourth-order valence-electron chi connectivity index (χ4n) is 2.65. The number of carbonyl (C=O) groups excluding carboxylic acids is 1. The third-order valence-corrected chi connectivity index (χ3v) is 5.40. The maximum absolute atomic E-state index is 12.5. The first kappa shape index (κ1) is 19.2. The number of carbonyl (C=O) groups is 1. The molecule has 3 aromatic rings.